The first-order chi connectivity index (χ1) is 6.34. The quantitative estimate of drug-likeness (QED) is 0.691. The number of aliphatic carboxylic acids is 1. The molecule has 0 radical (unpaired) electrons. The number of amides is 1. The Balaban J connectivity index is 2.77. The van der Waals surface area contributed by atoms with Gasteiger partial charge in [0.05, 0.1) is 0 Å². The predicted octanol–water partition coefficient (Wildman–Crippen LogP) is 0.624. The summed E-state index contributed by atoms with van der Waals surface area (Å²) < 4.78 is 35.9. The molecule has 0 saturated carbocycles. The Morgan fingerprint density at radius 2 is 1.93 bits per heavy atom. The van der Waals surface area contributed by atoms with Crippen molar-refractivity contribution in [3.8, 4) is 0 Å². The Morgan fingerprint density at radius 3 is 2.36 bits per heavy atom. The second-order valence-electron chi connectivity index (χ2n) is 2.99. The molecule has 0 aliphatic carbocycles. The van der Waals surface area contributed by atoms with E-state index in [0.29, 0.717) is 11.3 Å². The highest BCUT2D eigenvalue weighted by atomic mass is 19.4. The standard InChI is InChI=1S/C7H8F3NO3/c8-7(9,10)6(14)11-3-1-2-4(11)5(12)13/h4H,1-3H2,(H,12,13)/t4-/m0/s1. The van der Waals surface area contributed by atoms with Crippen LogP contribution in [0, 0.1) is 0 Å². The smallest absolute Gasteiger partial charge is 0.471 e. The van der Waals surface area contributed by atoms with Gasteiger partial charge in [-0.05, 0) is 12.8 Å². The Morgan fingerprint density at radius 1 is 1.36 bits per heavy atom. The van der Waals surface area contributed by atoms with E-state index in [1.807, 2.05) is 0 Å². The van der Waals surface area contributed by atoms with Crippen molar-refractivity contribution < 1.29 is 27.9 Å². The van der Waals surface area contributed by atoms with Crippen LogP contribution < -0.4 is 0 Å². The molecule has 1 aliphatic rings. The van der Waals surface area contributed by atoms with E-state index >= 15 is 0 Å². The third-order valence-electron chi connectivity index (χ3n) is 2.04. The van der Waals surface area contributed by atoms with Crippen LogP contribution in [0.25, 0.3) is 0 Å². The number of carboxylic acids is 1. The number of nitrogens with zero attached hydrogens (tertiary/aromatic N) is 1. The van der Waals surface area contributed by atoms with Gasteiger partial charge < -0.3 is 10.0 Å². The molecule has 0 aromatic rings. The van der Waals surface area contributed by atoms with Gasteiger partial charge in [0.1, 0.15) is 6.04 Å². The lowest BCUT2D eigenvalue weighted by Crippen LogP contribution is -2.46. The van der Waals surface area contributed by atoms with E-state index in [-0.39, 0.29) is 13.0 Å². The molecule has 80 valence electrons. The van der Waals surface area contributed by atoms with Crippen LogP contribution >= 0.6 is 0 Å². The molecule has 0 bridgehead atoms. The summed E-state index contributed by atoms with van der Waals surface area (Å²) in [5, 5.41) is 8.54. The molecule has 1 heterocycles. The predicted molar refractivity (Wildman–Crippen MR) is 38.4 cm³/mol. The normalized spacial score (nSPS) is 22.5. The molecule has 1 saturated heterocycles. The van der Waals surface area contributed by atoms with Gasteiger partial charge in [-0.1, -0.05) is 0 Å². The van der Waals surface area contributed by atoms with Crippen molar-refractivity contribution in [3.63, 3.8) is 0 Å². The van der Waals surface area contributed by atoms with Gasteiger partial charge in [0, 0.05) is 6.54 Å². The van der Waals surface area contributed by atoms with Gasteiger partial charge in [-0.25, -0.2) is 4.79 Å². The van der Waals surface area contributed by atoms with Crippen LogP contribution in [0.3, 0.4) is 0 Å². The van der Waals surface area contributed by atoms with Crippen LogP contribution in [-0.2, 0) is 9.59 Å². The molecular formula is C7H8F3NO3. The molecule has 1 fully saturated rings. The summed E-state index contributed by atoms with van der Waals surface area (Å²) in [6, 6.07) is -1.33. The zero-order valence-electron chi connectivity index (χ0n) is 7.04. The Labute approximate surface area is 77.3 Å². The summed E-state index contributed by atoms with van der Waals surface area (Å²) in [4.78, 5) is 21.6. The third kappa shape index (κ3) is 1.97. The molecule has 4 nitrogen and oxygen atoms in total. The summed E-state index contributed by atoms with van der Waals surface area (Å²) in [7, 11) is 0. The lowest BCUT2D eigenvalue weighted by atomic mass is 10.2. The average molecular weight is 211 g/mol. The van der Waals surface area contributed by atoms with Gasteiger partial charge >= 0.3 is 18.1 Å². The molecule has 1 N–H and O–H groups in total. The molecular weight excluding hydrogens is 203 g/mol. The van der Waals surface area contributed by atoms with Crippen LogP contribution in [0.2, 0.25) is 0 Å². The maximum atomic E-state index is 12.0. The lowest BCUT2D eigenvalue weighted by molar-refractivity contribution is -0.187. The van der Waals surface area contributed by atoms with E-state index in [1.165, 1.54) is 0 Å². The van der Waals surface area contributed by atoms with Gasteiger partial charge in [0.15, 0.2) is 0 Å². The number of alkyl halides is 3. The van der Waals surface area contributed by atoms with Crippen molar-refractivity contribution in [3.05, 3.63) is 0 Å². The number of hydrogen-bond donors (Lipinski definition) is 1. The second kappa shape index (κ2) is 3.47. The number of hydrogen-bond acceptors (Lipinski definition) is 2. The highest BCUT2D eigenvalue weighted by molar-refractivity contribution is 5.87. The third-order valence-corrected chi connectivity index (χ3v) is 2.04. The molecule has 0 unspecified atom stereocenters. The Kier molecular flexibility index (Phi) is 2.68. The average Bonchev–Trinajstić information content (AvgIpc) is 2.48. The summed E-state index contributed by atoms with van der Waals surface area (Å²) in [6.07, 6.45) is -4.62. The van der Waals surface area contributed by atoms with E-state index < -0.39 is 24.1 Å². The minimum absolute atomic E-state index is 0.0805. The van der Waals surface area contributed by atoms with Crippen LogP contribution in [0.15, 0.2) is 0 Å². The molecule has 1 atom stereocenters. The fraction of sp³-hybridized carbons (Fsp3) is 0.714. The molecule has 1 rings (SSSR count). The van der Waals surface area contributed by atoms with Crippen LogP contribution in [0.4, 0.5) is 13.2 Å². The van der Waals surface area contributed by atoms with E-state index in [0.717, 1.165) is 0 Å². The van der Waals surface area contributed by atoms with Crippen molar-refractivity contribution in [1.29, 1.82) is 0 Å². The maximum absolute atomic E-state index is 12.0. The number of halogens is 3. The summed E-state index contributed by atoms with van der Waals surface area (Å²) in [5.41, 5.74) is 0. The first-order valence-electron chi connectivity index (χ1n) is 3.94. The Bertz CT molecular complexity index is 263. The summed E-state index contributed by atoms with van der Waals surface area (Å²) >= 11 is 0. The maximum Gasteiger partial charge on any atom is 0.471 e. The van der Waals surface area contributed by atoms with Crippen LogP contribution in [0.1, 0.15) is 12.8 Å². The van der Waals surface area contributed by atoms with E-state index in [4.69, 9.17) is 5.11 Å². The SMILES string of the molecule is O=C(O)[C@@H]1CCCN1C(=O)C(F)(F)F. The van der Waals surface area contributed by atoms with Crippen molar-refractivity contribution in [2.24, 2.45) is 0 Å². The van der Waals surface area contributed by atoms with Gasteiger partial charge in [0.25, 0.3) is 0 Å². The molecule has 0 spiro atoms. The number of carbonyl (C=O) groups is 2. The first kappa shape index (κ1) is 10.8. The topological polar surface area (TPSA) is 57.6 Å². The highest BCUT2D eigenvalue weighted by Crippen LogP contribution is 2.25. The minimum atomic E-state index is -4.99. The number of likely N-dealkylation sites (tertiary alicyclic amines) is 1. The molecule has 1 amide bonds. The van der Waals surface area contributed by atoms with E-state index in [2.05, 4.69) is 0 Å². The summed E-state index contributed by atoms with van der Waals surface area (Å²) in [6.45, 7) is -0.144. The zero-order chi connectivity index (χ0) is 10.9. The fourth-order valence-corrected chi connectivity index (χ4v) is 1.43. The van der Waals surface area contributed by atoms with Crippen molar-refractivity contribution in [2.45, 2.75) is 25.1 Å². The van der Waals surface area contributed by atoms with Gasteiger partial charge in [-0.15, -0.1) is 0 Å². The van der Waals surface area contributed by atoms with Gasteiger partial charge in [0.2, 0.25) is 0 Å². The largest absolute Gasteiger partial charge is 0.480 e. The number of carbonyl (C=O) groups excluding carboxylic acids is 1. The van der Waals surface area contributed by atoms with Crippen molar-refractivity contribution >= 4 is 11.9 Å². The lowest BCUT2D eigenvalue weighted by Gasteiger charge is -2.22. The molecule has 0 aromatic heterocycles. The number of carboxylic acid groups (broad SMARTS) is 1. The van der Waals surface area contributed by atoms with E-state index in [1.54, 1.807) is 0 Å². The first-order valence-corrected chi connectivity index (χ1v) is 3.94. The fourth-order valence-electron chi connectivity index (χ4n) is 1.43. The second-order valence-corrected chi connectivity index (χ2v) is 2.99. The summed E-state index contributed by atoms with van der Waals surface area (Å²) in [5.74, 6) is -3.46. The van der Waals surface area contributed by atoms with Crippen LogP contribution in [0.5, 0.6) is 0 Å². The molecule has 7 heteroatoms. The van der Waals surface area contributed by atoms with Crippen molar-refractivity contribution in [2.75, 3.05) is 6.54 Å². The minimum Gasteiger partial charge on any atom is -0.480 e. The monoisotopic (exact) mass is 211 g/mol. The molecule has 1 aliphatic heterocycles. The van der Waals surface area contributed by atoms with Gasteiger partial charge in [-0.2, -0.15) is 13.2 Å². The van der Waals surface area contributed by atoms with Crippen molar-refractivity contribution in [1.82, 2.24) is 4.90 Å². The van der Waals surface area contributed by atoms with Crippen LogP contribution in [-0.4, -0.2) is 40.6 Å². The highest BCUT2D eigenvalue weighted by Gasteiger charge is 2.47. The Hall–Kier alpha value is -1.27. The molecule has 0 aromatic carbocycles. The molecule has 14 heavy (non-hydrogen) atoms. The van der Waals surface area contributed by atoms with E-state index in [9.17, 15) is 22.8 Å². The zero-order valence-corrected chi connectivity index (χ0v) is 7.04. The van der Waals surface area contributed by atoms with Gasteiger partial charge in [-0.3, -0.25) is 4.79 Å². The number of rotatable bonds is 1.